The Morgan fingerprint density at radius 1 is 0.931 bits per heavy atom. The van der Waals surface area contributed by atoms with Gasteiger partial charge >= 0.3 is 0 Å². The largest absolute Gasteiger partial charge is 0.490 e. The molecule has 1 aliphatic heterocycles. The Morgan fingerprint density at radius 3 is 2.28 bits per heavy atom. The van der Waals surface area contributed by atoms with Crippen LogP contribution in [0.5, 0.6) is 5.75 Å². The van der Waals surface area contributed by atoms with Crippen LogP contribution in [0.3, 0.4) is 0 Å². The molecular formula is C22H28F2N2O3. The van der Waals surface area contributed by atoms with Crippen molar-refractivity contribution in [3.63, 3.8) is 0 Å². The quantitative estimate of drug-likeness (QED) is 0.814. The number of rotatable bonds is 5. The van der Waals surface area contributed by atoms with Crippen LogP contribution in [-0.4, -0.2) is 41.4 Å². The first-order chi connectivity index (χ1) is 14.0. The highest BCUT2D eigenvalue weighted by atomic mass is 19.1. The Kier molecular flexibility index (Phi) is 6.01. The molecule has 0 bridgehead atoms. The van der Waals surface area contributed by atoms with Crippen molar-refractivity contribution in [1.29, 1.82) is 0 Å². The van der Waals surface area contributed by atoms with Crippen LogP contribution < -0.4 is 10.1 Å². The molecular weight excluding hydrogens is 378 g/mol. The number of benzene rings is 1. The van der Waals surface area contributed by atoms with Crippen LogP contribution in [-0.2, 0) is 9.59 Å². The summed E-state index contributed by atoms with van der Waals surface area (Å²) in [5, 5.41) is 3.13. The lowest BCUT2D eigenvalue weighted by Crippen LogP contribution is -2.54. The highest BCUT2D eigenvalue weighted by Gasteiger charge is 2.40. The predicted octanol–water partition coefficient (Wildman–Crippen LogP) is 3.56. The van der Waals surface area contributed by atoms with E-state index in [0.717, 1.165) is 51.0 Å². The fraction of sp³-hybridized carbons (Fsp3) is 0.636. The van der Waals surface area contributed by atoms with E-state index in [1.165, 1.54) is 12.1 Å². The first-order valence-electron chi connectivity index (χ1n) is 10.7. The monoisotopic (exact) mass is 406 g/mol. The van der Waals surface area contributed by atoms with Gasteiger partial charge in [0.25, 0.3) is 0 Å². The molecule has 0 radical (unpaired) electrons. The van der Waals surface area contributed by atoms with Gasteiger partial charge in [-0.2, -0.15) is 0 Å². The Balaban J connectivity index is 1.27. The van der Waals surface area contributed by atoms with Crippen molar-refractivity contribution in [2.45, 2.75) is 76.0 Å². The second kappa shape index (κ2) is 8.67. The molecule has 3 aliphatic rings. The maximum absolute atomic E-state index is 13.3. The maximum Gasteiger partial charge on any atom is 0.243 e. The summed E-state index contributed by atoms with van der Waals surface area (Å²) in [5.74, 6) is -0.882. The molecule has 1 saturated heterocycles. The van der Waals surface area contributed by atoms with E-state index in [9.17, 15) is 18.4 Å². The third-order valence-corrected chi connectivity index (χ3v) is 6.17. The molecule has 0 spiro atoms. The summed E-state index contributed by atoms with van der Waals surface area (Å²) in [7, 11) is 0. The van der Waals surface area contributed by atoms with Crippen LogP contribution in [0.25, 0.3) is 0 Å². The van der Waals surface area contributed by atoms with Crippen molar-refractivity contribution in [1.82, 2.24) is 10.2 Å². The van der Waals surface area contributed by atoms with Crippen LogP contribution in [0.15, 0.2) is 18.2 Å². The number of likely N-dealkylation sites (tertiary alicyclic amines) is 1. The molecule has 0 aromatic heterocycles. The van der Waals surface area contributed by atoms with Gasteiger partial charge in [-0.05, 0) is 57.8 Å². The Hall–Kier alpha value is -2.18. The molecule has 3 fully saturated rings. The number of nitrogens with zero attached hydrogens (tertiary/aromatic N) is 1. The summed E-state index contributed by atoms with van der Waals surface area (Å²) in [6, 6.07) is 2.89. The molecule has 1 N–H and O–H groups in total. The number of ether oxygens (including phenoxy) is 1. The van der Waals surface area contributed by atoms with Crippen molar-refractivity contribution >= 4 is 11.8 Å². The Bertz CT molecular complexity index is 740. The lowest BCUT2D eigenvalue weighted by atomic mass is 9.92. The smallest absolute Gasteiger partial charge is 0.243 e. The third kappa shape index (κ3) is 5.06. The molecule has 7 heteroatoms. The number of amides is 2. The minimum atomic E-state index is -0.654. The zero-order valence-electron chi connectivity index (χ0n) is 16.5. The molecule has 2 aliphatic carbocycles. The zero-order chi connectivity index (χ0) is 20.4. The van der Waals surface area contributed by atoms with Crippen molar-refractivity contribution < 1.29 is 23.1 Å². The molecule has 2 saturated carbocycles. The molecule has 29 heavy (non-hydrogen) atoms. The van der Waals surface area contributed by atoms with Crippen molar-refractivity contribution in [2.75, 3.05) is 6.54 Å². The number of nitrogens with one attached hydrogen (secondary N) is 1. The van der Waals surface area contributed by atoms with Crippen LogP contribution in [0.2, 0.25) is 0 Å². The van der Waals surface area contributed by atoms with Gasteiger partial charge in [-0.25, -0.2) is 8.78 Å². The lowest BCUT2D eigenvalue weighted by Gasteiger charge is -2.37. The fourth-order valence-electron chi connectivity index (χ4n) is 4.44. The number of piperidine rings is 1. The third-order valence-electron chi connectivity index (χ3n) is 6.17. The zero-order valence-corrected chi connectivity index (χ0v) is 16.5. The van der Waals surface area contributed by atoms with Crippen molar-refractivity contribution in [3.8, 4) is 5.75 Å². The van der Waals surface area contributed by atoms with Crippen molar-refractivity contribution in [3.05, 3.63) is 29.8 Å². The van der Waals surface area contributed by atoms with Gasteiger partial charge < -0.3 is 15.0 Å². The first kappa shape index (κ1) is 20.1. The second-order valence-corrected chi connectivity index (χ2v) is 8.52. The molecule has 1 unspecified atom stereocenters. The van der Waals surface area contributed by atoms with Gasteiger partial charge in [-0.1, -0.05) is 0 Å². The minimum Gasteiger partial charge on any atom is -0.490 e. The number of halogens is 2. The van der Waals surface area contributed by atoms with Crippen LogP contribution >= 0.6 is 0 Å². The first-order valence-corrected chi connectivity index (χ1v) is 10.7. The van der Waals surface area contributed by atoms with Crippen LogP contribution in [0.4, 0.5) is 8.78 Å². The van der Waals surface area contributed by atoms with E-state index in [1.807, 2.05) is 0 Å². The molecule has 1 aromatic carbocycles. The van der Waals surface area contributed by atoms with Crippen LogP contribution in [0, 0.1) is 17.6 Å². The van der Waals surface area contributed by atoms with E-state index in [1.54, 1.807) is 4.90 Å². The SMILES string of the molecule is O=C(NC1CCC(Oc2cc(F)cc(F)c2)CC1)C1CCCCN1C(=O)C1CC1. The lowest BCUT2D eigenvalue weighted by molar-refractivity contribution is -0.143. The molecule has 4 rings (SSSR count). The number of carbonyl (C=O) groups is 2. The fourth-order valence-corrected chi connectivity index (χ4v) is 4.44. The van der Waals surface area contributed by atoms with Crippen molar-refractivity contribution in [2.24, 2.45) is 5.92 Å². The normalized spacial score (nSPS) is 27.4. The van der Waals surface area contributed by atoms with Gasteiger partial charge in [-0.3, -0.25) is 9.59 Å². The number of hydrogen-bond acceptors (Lipinski definition) is 3. The highest BCUT2D eigenvalue weighted by molar-refractivity contribution is 5.89. The number of hydrogen-bond donors (Lipinski definition) is 1. The molecule has 5 nitrogen and oxygen atoms in total. The summed E-state index contributed by atoms with van der Waals surface area (Å²) in [6.45, 7) is 0.679. The summed E-state index contributed by atoms with van der Waals surface area (Å²) in [4.78, 5) is 27.2. The molecule has 158 valence electrons. The van der Waals surface area contributed by atoms with Gasteiger partial charge in [0.2, 0.25) is 11.8 Å². The van der Waals surface area contributed by atoms with E-state index in [2.05, 4.69) is 5.32 Å². The topological polar surface area (TPSA) is 58.6 Å². The van der Waals surface area contributed by atoms with Gasteiger partial charge in [0.1, 0.15) is 23.4 Å². The van der Waals surface area contributed by atoms with E-state index < -0.39 is 11.6 Å². The van der Waals surface area contributed by atoms with Gasteiger partial charge in [0, 0.05) is 36.7 Å². The van der Waals surface area contributed by atoms with Crippen LogP contribution in [0.1, 0.15) is 57.8 Å². The average molecular weight is 406 g/mol. The second-order valence-electron chi connectivity index (χ2n) is 8.52. The van der Waals surface area contributed by atoms with E-state index in [-0.39, 0.29) is 41.7 Å². The minimum absolute atomic E-state index is 0.0460. The summed E-state index contributed by atoms with van der Waals surface area (Å²) < 4.78 is 32.3. The van der Waals surface area contributed by atoms with Gasteiger partial charge in [0.15, 0.2) is 0 Å². The molecule has 1 atom stereocenters. The summed E-state index contributed by atoms with van der Waals surface area (Å²) >= 11 is 0. The molecule has 1 heterocycles. The average Bonchev–Trinajstić information content (AvgIpc) is 3.53. The predicted molar refractivity (Wildman–Crippen MR) is 103 cm³/mol. The number of carbonyl (C=O) groups excluding carboxylic acids is 2. The Morgan fingerprint density at radius 2 is 1.62 bits per heavy atom. The molecule has 2 amide bonds. The standard InChI is InChI=1S/C22H28F2N2O3/c23-15-11-16(24)13-19(12-15)29-18-8-6-17(7-9-18)25-21(27)20-3-1-2-10-26(20)22(28)14-4-5-14/h11-14,17-18,20H,1-10H2,(H,25,27). The van der Waals surface area contributed by atoms with E-state index in [4.69, 9.17) is 4.74 Å². The highest BCUT2D eigenvalue weighted by Crippen LogP contribution is 2.33. The van der Waals surface area contributed by atoms with E-state index >= 15 is 0 Å². The summed E-state index contributed by atoms with van der Waals surface area (Å²) in [5.41, 5.74) is 0. The van der Waals surface area contributed by atoms with Gasteiger partial charge in [-0.15, -0.1) is 0 Å². The maximum atomic E-state index is 13.3. The molecule has 1 aromatic rings. The van der Waals surface area contributed by atoms with E-state index in [0.29, 0.717) is 19.4 Å². The summed E-state index contributed by atoms with van der Waals surface area (Å²) in [6.07, 6.45) is 7.35. The Labute approximate surface area is 169 Å². The van der Waals surface area contributed by atoms with Gasteiger partial charge in [0.05, 0.1) is 6.10 Å².